The van der Waals surface area contributed by atoms with Gasteiger partial charge in [0.1, 0.15) is 10.5 Å². The van der Waals surface area contributed by atoms with E-state index < -0.39 is 0 Å². The van der Waals surface area contributed by atoms with Crippen LogP contribution in [-0.4, -0.2) is 21.9 Å². The van der Waals surface area contributed by atoms with Gasteiger partial charge in [-0.25, -0.2) is 4.98 Å². The maximum atomic E-state index is 12.1. The van der Waals surface area contributed by atoms with Crippen LogP contribution in [0.3, 0.4) is 0 Å². The van der Waals surface area contributed by atoms with E-state index in [1.54, 1.807) is 0 Å². The summed E-state index contributed by atoms with van der Waals surface area (Å²) < 4.78 is 0.708. The van der Waals surface area contributed by atoms with Gasteiger partial charge in [-0.2, -0.15) is 0 Å². The summed E-state index contributed by atoms with van der Waals surface area (Å²) in [6, 6.07) is 11.0. The molecule has 4 rings (SSSR count). The van der Waals surface area contributed by atoms with E-state index in [4.69, 9.17) is 0 Å². The third kappa shape index (κ3) is 2.71. The van der Waals surface area contributed by atoms with Gasteiger partial charge in [0.05, 0.1) is 12.1 Å². The molecule has 5 heteroatoms. The Balaban J connectivity index is 1.62. The molecule has 2 aromatic heterocycles. The van der Waals surface area contributed by atoms with Crippen LogP contribution in [0.4, 0.5) is 0 Å². The van der Waals surface area contributed by atoms with Crippen LogP contribution in [0.1, 0.15) is 35.8 Å². The highest BCUT2D eigenvalue weighted by Gasteiger charge is 2.23. The first-order valence-electron chi connectivity index (χ1n) is 7.97. The molecule has 0 amide bonds. The van der Waals surface area contributed by atoms with E-state index in [1.807, 2.05) is 11.4 Å². The summed E-state index contributed by atoms with van der Waals surface area (Å²) in [5.74, 6) is 0.742. The van der Waals surface area contributed by atoms with Crippen molar-refractivity contribution in [3.63, 3.8) is 0 Å². The second-order valence-corrected chi connectivity index (χ2v) is 7.09. The van der Waals surface area contributed by atoms with Crippen LogP contribution >= 0.6 is 11.3 Å². The zero-order chi connectivity index (χ0) is 15.8. The first-order valence-corrected chi connectivity index (χ1v) is 8.85. The van der Waals surface area contributed by atoms with E-state index in [2.05, 4.69) is 46.2 Å². The summed E-state index contributed by atoms with van der Waals surface area (Å²) in [5.41, 5.74) is 3.63. The molecule has 0 radical (unpaired) electrons. The number of aromatic nitrogens is 2. The van der Waals surface area contributed by atoms with Crippen LogP contribution in [0, 0.1) is 0 Å². The first-order chi connectivity index (χ1) is 11.2. The fourth-order valence-electron chi connectivity index (χ4n) is 3.53. The van der Waals surface area contributed by atoms with Gasteiger partial charge in [-0.1, -0.05) is 24.3 Å². The molecular formula is C18H19N3OS. The maximum Gasteiger partial charge on any atom is 0.268 e. The predicted octanol–water partition coefficient (Wildman–Crippen LogP) is 3.49. The number of aryl methyl sites for hydroxylation is 1. The molecule has 0 aliphatic heterocycles. The molecule has 3 aromatic rings. The Kier molecular flexibility index (Phi) is 3.75. The number of benzene rings is 1. The molecular weight excluding hydrogens is 306 g/mol. The minimum atomic E-state index is -0.0301. The van der Waals surface area contributed by atoms with Crippen molar-refractivity contribution in [3.8, 4) is 0 Å². The van der Waals surface area contributed by atoms with Crippen LogP contribution in [0.5, 0.6) is 0 Å². The number of hydrogen-bond acceptors (Lipinski definition) is 4. The first kappa shape index (κ1) is 14.6. The second kappa shape index (κ2) is 5.91. The van der Waals surface area contributed by atoms with Gasteiger partial charge in [0, 0.05) is 6.04 Å². The molecule has 1 aromatic carbocycles. The van der Waals surface area contributed by atoms with Crippen molar-refractivity contribution in [3.05, 3.63) is 63.0 Å². The van der Waals surface area contributed by atoms with Crippen molar-refractivity contribution in [2.24, 2.45) is 0 Å². The van der Waals surface area contributed by atoms with Crippen molar-refractivity contribution in [2.45, 2.75) is 31.8 Å². The molecule has 0 spiro atoms. The maximum absolute atomic E-state index is 12.1. The predicted molar refractivity (Wildman–Crippen MR) is 93.8 cm³/mol. The fraction of sp³-hybridized carbons (Fsp3) is 0.333. The Bertz CT molecular complexity index is 898. The fourth-order valence-corrected chi connectivity index (χ4v) is 4.25. The quantitative estimate of drug-likeness (QED) is 0.802. The number of nitrogens with one attached hydrogen (secondary N) is 1. The number of H-pyrrole nitrogens is 1. The average Bonchev–Trinajstić information content (AvgIpc) is 3.03. The molecule has 1 N–H and O–H groups in total. The van der Waals surface area contributed by atoms with Gasteiger partial charge in [-0.05, 0) is 48.9 Å². The Morgan fingerprint density at radius 3 is 3.13 bits per heavy atom. The topological polar surface area (TPSA) is 49.0 Å². The van der Waals surface area contributed by atoms with Crippen molar-refractivity contribution in [1.82, 2.24) is 14.9 Å². The van der Waals surface area contributed by atoms with Crippen molar-refractivity contribution >= 4 is 21.6 Å². The third-order valence-electron chi connectivity index (χ3n) is 4.63. The summed E-state index contributed by atoms with van der Waals surface area (Å²) in [5, 5.41) is 1.91. The number of rotatable bonds is 3. The van der Waals surface area contributed by atoms with Crippen LogP contribution in [0.25, 0.3) is 10.2 Å². The molecule has 1 aliphatic carbocycles. The van der Waals surface area contributed by atoms with Gasteiger partial charge >= 0.3 is 0 Å². The summed E-state index contributed by atoms with van der Waals surface area (Å²) >= 11 is 1.44. The molecule has 2 heterocycles. The van der Waals surface area contributed by atoms with E-state index in [-0.39, 0.29) is 5.56 Å². The number of thiophene rings is 1. The van der Waals surface area contributed by atoms with Gasteiger partial charge in [0.2, 0.25) is 0 Å². The number of aromatic amines is 1. The lowest BCUT2D eigenvalue weighted by molar-refractivity contribution is 0.208. The van der Waals surface area contributed by atoms with E-state index in [9.17, 15) is 4.79 Å². The summed E-state index contributed by atoms with van der Waals surface area (Å²) in [7, 11) is 2.12. The lowest BCUT2D eigenvalue weighted by Gasteiger charge is -2.33. The minimum absolute atomic E-state index is 0.0301. The highest BCUT2D eigenvalue weighted by Crippen LogP contribution is 2.33. The summed E-state index contributed by atoms with van der Waals surface area (Å²) in [6.07, 6.45) is 3.52. The van der Waals surface area contributed by atoms with Gasteiger partial charge in [0.15, 0.2) is 0 Å². The summed E-state index contributed by atoms with van der Waals surface area (Å²) in [4.78, 5) is 21.9. The van der Waals surface area contributed by atoms with E-state index in [0.717, 1.165) is 24.2 Å². The van der Waals surface area contributed by atoms with E-state index in [0.29, 0.717) is 17.3 Å². The molecule has 1 atom stereocenters. The molecule has 0 bridgehead atoms. The minimum Gasteiger partial charge on any atom is -0.308 e. The number of nitrogens with zero attached hydrogens (tertiary/aromatic N) is 2. The Hall–Kier alpha value is -1.98. The van der Waals surface area contributed by atoms with Gasteiger partial charge < -0.3 is 4.98 Å². The monoisotopic (exact) mass is 325 g/mol. The Morgan fingerprint density at radius 1 is 1.35 bits per heavy atom. The normalized spacial score (nSPS) is 17.6. The zero-order valence-electron chi connectivity index (χ0n) is 13.1. The van der Waals surface area contributed by atoms with E-state index in [1.165, 1.54) is 28.9 Å². The second-order valence-electron chi connectivity index (χ2n) is 6.17. The number of hydrogen-bond donors (Lipinski definition) is 1. The molecule has 23 heavy (non-hydrogen) atoms. The SMILES string of the molecule is CN(Cc1nc2ccsc2c(=O)[nH]1)C1CCCc2ccccc21. The van der Waals surface area contributed by atoms with Gasteiger partial charge in [-0.15, -0.1) is 11.3 Å². The van der Waals surface area contributed by atoms with Crippen molar-refractivity contribution in [2.75, 3.05) is 7.05 Å². The van der Waals surface area contributed by atoms with Gasteiger partial charge in [0.25, 0.3) is 5.56 Å². The number of fused-ring (bicyclic) bond motifs is 2. The smallest absolute Gasteiger partial charge is 0.268 e. The van der Waals surface area contributed by atoms with E-state index >= 15 is 0 Å². The average molecular weight is 325 g/mol. The van der Waals surface area contributed by atoms with Crippen LogP contribution in [0.15, 0.2) is 40.5 Å². The van der Waals surface area contributed by atoms with Crippen LogP contribution in [0.2, 0.25) is 0 Å². The highest BCUT2D eigenvalue weighted by molar-refractivity contribution is 7.17. The molecule has 118 valence electrons. The van der Waals surface area contributed by atoms with Crippen LogP contribution in [-0.2, 0) is 13.0 Å². The molecule has 0 saturated carbocycles. The molecule has 1 aliphatic rings. The molecule has 4 nitrogen and oxygen atoms in total. The lowest BCUT2D eigenvalue weighted by Crippen LogP contribution is -2.29. The van der Waals surface area contributed by atoms with Gasteiger partial charge in [-0.3, -0.25) is 9.69 Å². The van der Waals surface area contributed by atoms with Crippen LogP contribution < -0.4 is 5.56 Å². The molecule has 0 saturated heterocycles. The highest BCUT2D eigenvalue weighted by atomic mass is 32.1. The molecule has 0 fully saturated rings. The zero-order valence-corrected chi connectivity index (χ0v) is 13.9. The lowest BCUT2D eigenvalue weighted by atomic mass is 9.87. The third-order valence-corrected chi connectivity index (χ3v) is 5.54. The Labute approximate surface area is 138 Å². The standard InChI is InChI=1S/C18H19N3OS/c1-21(15-8-4-6-12-5-2-3-7-13(12)15)11-16-19-14-9-10-23-17(14)18(22)20-16/h2-3,5,7,9-10,15H,4,6,8,11H2,1H3,(H,19,20,22). The largest absolute Gasteiger partial charge is 0.308 e. The van der Waals surface area contributed by atoms with Crippen molar-refractivity contribution in [1.29, 1.82) is 0 Å². The summed E-state index contributed by atoms with van der Waals surface area (Å²) in [6.45, 7) is 0.653. The van der Waals surface area contributed by atoms with Crippen molar-refractivity contribution < 1.29 is 0 Å². The molecule has 1 unspecified atom stereocenters. The Morgan fingerprint density at radius 2 is 2.22 bits per heavy atom.